The van der Waals surface area contributed by atoms with E-state index in [-0.39, 0.29) is 11.5 Å². The zero-order chi connectivity index (χ0) is 10.9. The minimum atomic E-state index is 0.0285. The molecule has 2 heterocycles. The summed E-state index contributed by atoms with van der Waals surface area (Å²) in [6.45, 7) is 7.34. The topological polar surface area (TPSA) is 36.3 Å². The van der Waals surface area contributed by atoms with Gasteiger partial charge in [0, 0.05) is 25.2 Å². The lowest BCUT2D eigenvalue weighted by atomic mass is 9.89. The molecule has 0 N–H and O–H groups in total. The maximum atomic E-state index is 9.07. The van der Waals surface area contributed by atoms with Crippen LogP contribution in [0.4, 0.5) is 0 Å². The van der Waals surface area contributed by atoms with Crippen molar-refractivity contribution in [1.29, 1.82) is 5.26 Å². The van der Waals surface area contributed by atoms with Crippen LogP contribution >= 0.6 is 0 Å². The molecule has 2 unspecified atom stereocenters. The summed E-state index contributed by atoms with van der Waals surface area (Å²) in [6.07, 6.45) is 3.79. The normalized spacial score (nSPS) is 35.5. The Balaban J connectivity index is 1.96. The lowest BCUT2D eigenvalue weighted by Crippen LogP contribution is -2.45. The summed E-state index contributed by atoms with van der Waals surface area (Å²) in [5.41, 5.74) is 0.0285. The Morgan fingerprint density at radius 2 is 2.27 bits per heavy atom. The standard InChI is InChI=1S/C12H20N2O/c1-12(2)10(8-13)5-6-14(12)9-11-4-3-7-15-11/h10-11H,3-7,9H2,1-2H3. The molecule has 0 aliphatic carbocycles. The second-order valence-electron chi connectivity index (χ2n) is 5.21. The SMILES string of the molecule is CC1(C)C(C#N)CCN1CC1CCCO1. The number of hydrogen-bond acceptors (Lipinski definition) is 3. The van der Waals surface area contributed by atoms with E-state index in [9.17, 15) is 0 Å². The van der Waals surface area contributed by atoms with Gasteiger partial charge in [0.2, 0.25) is 0 Å². The minimum absolute atomic E-state index is 0.0285. The van der Waals surface area contributed by atoms with E-state index in [0.717, 1.165) is 26.1 Å². The summed E-state index contributed by atoms with van der Waals surface area (Å²) < 4.78 is 5.65. The molecule has 15 heavy (non-hydrogen) atoms. The van der Waals surface area contributed by atoms with Gasteiger partial charge in [0.15, 0.2) is 0 Å². The van der Waals surface area contributed by atoms with Crippen LogP contribution in [0.5, 0.6) is 0 Å². The molecule has 2 aliphatic heterocycles. The molecule has 2 aliphatic rings. The van der Waals surface area contributed by atoms with Gasteiger partial charge < -0.3 is 4.74 Å². The van der Waals surface area contributed by atoms with Crippen LogP contribution in [0.2, 0.25) is 0 Å². The Labute approximate surface area is 92.0 Å². The minimum Gasteiger partial charge on any atom is -0.377 e. The van der Waals surface area contributed by atoms with Crippen LogP contribution in [0.1, 0.15) is 33.1 Å². The first-order valence-corrected chi connectivity index (χ1v) is 5.91. The third-order valence-corrected chi connectivity index (χ3v) is 3.96. The number of likely N-dealkylation sites (tertiary alicyclic amines) is 1. The smallest absolute Gasteiger partial charge is 0.0703 e. The molecule has 2 rings (SSSR count). The molecule has 0 saturated carbocycles. The molecule has 2 atom stereocenters. The summed E-state index contributed by atoms with van der Waals surface area (Å²) in [7, 11) is 0. The summed E-state index contributed by atoms with van der Waals surface area (Å²) in [5.74, 6) is 0.180. The van der Waals surface area contributed by atoms with E-state index in [2.05, 4.69) is 24.8 Å². The lowest BCUT2D eigenvalue weighted by molar-refractivity contribution is 0.0465. The predicted octanol–water partition coefficient (Wildman–Crippen LogP) is 1.79. The number of rotatable bonds is 2. The van der Waals surface area contributed by atoms with Gasteiger partial charge in [-0.15, -0.1) is 0 Å². The molecule has 3 nitrogen and oxygen atoms in total. The van der Waals surface area contributed by atoms with Crippen LogP contribution in [-0.2, 0) is 4.74 Å². The molecule has 0 amide bonds. The maximum absolute atomic E-state index is 9.07. The van der Waals surface area contributed by atoms with Gasteiger partial charge in [-0.2, -0.15) is 5.26 Å². The average Bonchev–Trinajstić information content (AvgIpc) is 2.77. The van der Waals surface area contributed by atoms with Crippen molar-refractivity contribution in [2.24, 2.45) is 5.92 Å². The average molecular weight is 208 g/mol. The molecule has 2 fully saturated rings. The van der Waals surface area contributed by atoms with Gasteiger partial charge in [-0.25, -0.2) is 0 Å². The van der Waals surface area contributed by atoms with E-state index in [4.69, 9.17) is 10.00 Å². The highest BCUT2D eigenvalue weighted by atomic mass is 16.5. The highest BCUT2D eigenvalue weighted by Gasteiger charge is 2.42. The van der Waals surface area contributed by atoms with Crippen molar-refractivity contribution in [1.82, 2.24) is 4.90 Å². The summed E-state index contributed by atoms with van der Waals surface area (Å²) in [5, 5.41) is 9.07. The van der Waals surface area contributed by atoms with Crippen molar-refractivity contribution in [3.05, 3.63) is 0 Å². The molecular weight excluding hydrogens is 188 g/mol. The third-order valence-electron chi connectivity index (χ3n) is 3.96. The molecule has 0 aromatic heterocycles. The van der Waals surface area contributed by atoms with E-state index in [1.54, 1.807) is 0 Å². The van der Waals surface area contributed by atoms with Gasteiger partial charge >= 0.3 is 0 Å². The molecule has 0 radical (unpaired) electrons. The maximum Gasteiger partial charge on any atom is 0.0703 e. The molecule has 2 saturated heterocycles. The fraction of sp³-hybridized carbons (Fsp3) is 0.917. The van der Waals surface area contributed by atoms with E-state index >= 15 is 0 Å². The molecule has 0 aromatic carbocycles. The van der Waals surface area contributed by atoms with E-state index in [0.29, 0.717) is 6.10 Å². The van der Waals surface area contributed by atoms with Crippen molar-refractivity contribution < 1.29 is 4.74 Å². The van der Waals surface area contributed by atoms with Crippen molar-refractivity contribution in [2.75, 3.05) is 19.7 Å². The Kier molecular flexibility index (Phi) is 2.99. The molecule has 0 bridgehead atoms. The molecule has 0 aromatic rings. The van der Waals surface area contributed by atoms with Gasteiger partial charge in [-0.1, -0.05) is 0 Å². The fourth-order valence-corrected chi connectivity index (χ4v) is 2.73. The van der Waals surface area contributed by atoms with Gasteiger partial charge in [0.25, 0.3) is 0 Å². The first-order chi connectivity index (χ1) is 7.14. The number of nitrogens with zero attached hydrogens (tertiary/aromatic N) is 2. The van der Waals surface area contributed by atoms with Gasteiger partial charge in [0.1, 0.15) is 0 Å². The van der Waals surface area contributed by atoms with Gasteiger partial charge in [0.05, 0.1) is 18.1 Å². The van der Waals surface area contributed by atoms with Crippen LogP contribution < -0.4 is 0 Å². The van der Waals surface area contributed by atoms with Gasteiger partial charge in [-0.05, 0) is 33.1 Å². The van der Waals surface area contributed by atoms with Crippen LogP contribution in [-0.4, -0.2) is 36.2 Å². The van der Waals surface area contributed by atoms with Crippen molar-refractivity contribution >= 4 is 0 Å². The van der Waals surface area contributed by atoms with Crippen LogP contribution in [0.25, 0.3) is 0 Å². The Hall–Kier alpha value is -0.590. The second-order valence-corrected chi connectivity index (χ2v) is 5.21. The largest absolute Gasteiger partial charge is 0.377 e. The Bertz CT molecular complexity index is 263. The Morgan fingerprint density at radius 3 is 2.80 bits per heavy atom. The second kappa shape index (κ2) is 4.11. The molecular formula is C12H20N2O. The molecule has 0 spiro atoms. The predicted molar refractivity (Wildman–Crippen MR) is 58.3 cm³/mol. The highest BCUT2D eigenvalue weighted by molar-refractivity contribution is 5.05. The monoisotopic (exact) mass is 208 g/mol. The van der Waals surface area contributed by atoms with Crippen LogP contribution in [0.3, 0.4) is 0 Å². The zero-order valence-electron chi connectivity index (χ0n) is 9.70. The highest BCUT2D eigenvalue weighted by Crippen LogP contribution is 2.34. The van der Waals surface area contributed by atoms with Crippen LogP contribution in [0.15, 0.2) is 0 Å². The summed E-state index contributed by atoms with van der Waals surface area (Å²) in [4.78, 5) is 2.43. The van der Waals surface area contributed by atoms with Crippen molar-refractivity contribution in [2.45, 2.75) is 44.8 Å². The zero-order valence-corrected chi connectivity index (χ0v) is 9.70. The van der Waals surface area contributed by atoms with Crippen molar-refractivity contribution in [3.63, 3.8) is 0 Å². The summed E-state index contributed by atoms with van der Waals surface area (Å²) in [6, 6.07) is 2.43. The van der Waals surface area contributed by atoms with E-state index < -0.39 is 0 Å². The van der Waals surface area contributed by atoms with E-state index in [1.165, 1.54) is 12.8 Å². The van der Waals surface area contributed by atoms with Gasteiger partial charge in [-0.3, -0.25) is 4.90 Å². The third kappa shape index (κ3) is 2.02. The van der Waals surface area contributed by atoms with E-state index in [1.807, 2.05) is 0 Å². The number of nitriles is 1. The fourth-order valence-electron chi connectivity index (χ4n) is 2.73. The van der Waals surface area contributed by atoms with Crippen molar-refractivity contribution in [3.8, 4) is 6.07 Å². The molecule has 84 valence electrons. The van der Waals surface area contributed by atoms with Crippen LogP contribution in [0, 0.1) is 17.2 Å². The number of ether oxygens (including phenoxy) is 1. The Morgan fingerprint density at radius 1 is 1.47 bits per heavy atom. The molecule has 3 heteroatoms. The summed E-state index contributed by atoms with van der Waals surface area (Å²) >= 11 is 0. The lowest BCUT2D eigenvalue weighted by Gasteiger charge is -2.34. The quantitative estimate of drug-likeness (QED) is 0.694. The number of hydrogen-bond donors (Lipinski definition) is 0. The first kappa shape index (κ1) is 10.9. The first-order valence-electron chi connectivity index (χ1n) is 5.91.